The lowest BCUT2D eigenvalue weighted by atomic mass is 9.96. The number of rotatable bonds is 12. The molecule has 9 heteroatoms. The van der Waals surface area contributed by atoms with Gasteiger partial charge >= 0.3 is 11.9 Å². The fourth-order valence-electron chi connectivity index (χ4n) is 5.57. The zero-order chi connectivity index (χ0) is 27.6. The summed E-state index contributed by atoms with van der Waals surface area (Å²) in [7, 11) is 0. The minimum absolute atomic E-state index is 0.0827. The molecule has 2 unspecified atom stereocenters. The summed E-state index contributed by atoms with van der Waals surface area (Å²) in [5, 5.41) is 40.6. The molecule has 0 radical (unpaired) electrons. The Morgan fingerprint density at radius 2 is 1.00 bits per heavy atom. The average molecular weight is 514 g/mol. The maximum atomic E-state index is 11.8. The minimum Gasteiger partial charge on any atom is -0.477 e. The number of aromatic carboxylic acids is 2. The van der Waals surface area contributed by atoms with Crippen LogP contribution in [0.2, 0.25) is 0 Å². The summed E-state index contributed by atoms with van der Waals surface area (Å²) < 4.78 is 0. The fourth-order valence-corrected chi connectivity index (χ4v) is 5.57. The first-order valence-corrected chi connectivity index (χ1v) is 13.0. The molecule has 0 aliphatic carbocycles. The summed E-state index contributed by atoms with van der Waals surface area (Å²) in [4.78, 5) is 33.2. The number of aromatic nitrogens is 3. The number of hydrogen-bond acceptors (Lipinski definition) is 4. The lowest BCUT2D eigenvalue weighted by molar-refractivity contribution is 0.0679. The third-order valence-electron chi connectivity index (χ3n) is 7.44. The van der Waals surface area contributed by atoms with E-state index in [9.17, 15) is 30.0 Å². The first kappa shape index (κ1) is 28.3. The normalized spacial score (nSPS) is 13.2. The van der Waals surface area contributed by atoms with Crippen LogP contribution in [-0.4, -0.2) is 47.3 Å². The highest BCUT2D eigenvalue weighted by Gasteiger charge is 2.27. The van der Waals surface area contributed by atoms with Gasteiger partial charge in [-0.3, -0.25) is 0 Å². The maximum absolute atomic E-state index is 11.8. The largest absolute Gasteiger partial charge is 0.477 e. The summed E-state index contributed by atoms with van der Waals surface area (Å²) in [5.74, 6) is -2.13. The molecule has 202 valence electrons. The third-order valence-corrected chi connectivity index (χ3v) is 7.44. The van der Waals surface area contributed by atoms with E-state index in [0.29, 0.717) is 59.3 Å². The van der Waals surface area contributed by atoms with Gasteiger partial charge in [-0.1, -0.05) is 27.7 Å². The molecule has 37 heavy (non-hydrogen) atoms. The number of H-pyrrole nitrogens is 3. The standard InChI is InChI=1S/C28H39N3O6/c1-7-15-16(8-2)18(12-20-24(22(33)10-4)14(6)26(31-20)28(36)37)29-17(15)11-19-23(21(32)9-3)13(5)25(30-19)27(34)35/h21-22,29-33H,7-12H2,1-6H3,(H,34,35)(H,36,37). The number of aliphatic hydroxyl groups is 2. The van der Waals surface area contributed by atoms with Gasteiger partial charge < -0.3 is 35.4 Å². The van der Waals surface area contributed by atoms with Crippen molar-refractivity contribution >= 4 is 11.9 Å². The van der Waals surface area contributed by atoms with E-state index in [1.165, 1.54) is 0 Å². The second-order valence-corrected chi connectivity index (χ2v) is 9.59. The molecule has 2 atom stereocenters. The van der Waals surface area contributed by atoms with Crippen LogP contribution in [0.1, 0.15) is 130 Å². The predicted octanol–water partition coefficient (Wildman–Crippen LogP) is 4.88. The highest BCUT2D eigenvalue weighted by atomic mass is 16.4. The summed E-state index contributed by atoms with van der Waals surface area (Å²) in [6.07, 6.45) is 1.65. The van der Waals surface area contributed by atoms with Gasteiger partial charge in [0, 0.05) is 46.7 Å². The SMILES string of the molecule is CCc1c(Cc2[nH]c(C(=O)O)c(C)c2C(O)CC)[nH]c(Cc2[nH]c(C(=O)O)c(C)c2C(O)CC)c1CC. The number of carboxylic acid groups (broad SMARTS) is 2. The molecule has 0 saturated carbocycles. The molecule has 3 aromatic heterocycles. The molecule has 0 aromatic carbocycles. The predicted molar refractivity (Wildman–Crippen MR) is 141 cm³/mol. The Hall–Kier alpha value is -3.30. The topological polar surface area (TPSA) is 162 Å². The Labute approximate surface area is 217 Å². The van der Waals surface area contributed by atoms with Crippen molar-refractivity contribution in [3.63, 3.8) is 0 Å². The molecule has 0 bridgehead atoms. The summed E-state index contributed by atoms with van der Waals surface area (Å²) >= 11 is 0. The van der Waals surface area contributed by atoms with E-state index in [1.807, 2.05) is 13.8 Å². The van der Waals surface area contributed by atoms with E-state index in [4.69, 9.17) is 0 Å². The van der Waals surface area contributed by atoms with E-state index < -0.39 is 24.1 Å². The molecule has 3 rings (SSSR count). The molecule has 7 N–H and O–H groups in total. The molecule has 0 aliphatic heterocycles. The monoisotopic (exact) mass is 513 g/mol. The van der Waals surface area contributed by atoms with Gasteiger partial charge in [0.1, 0.15) is 11.4 Å². The quantitative estimate of drug-likeness (QED) is 0.183. The summed E-state index contributed by atoms with van der Waals surface area (Å²) in [6, 6.07) is 0. The Kier molecular flexibility index (Phi) is 8.71. The fraction of sp³-hybridized carbons (Fsp3) is 0.500. The number of carbonyl (C=O) groups is 2. The first-order valence-electron chi connectivity index (χ1n) is 13.0. The van der Waals surface area contributed by atoms with Gasteiger partial charge in [-0.25, -0.2) is 9.59 Å². The second-order valence-electron chi connectivity index (χ2n) is 9.59. The van der Waals surface area contributed by atoms with Crippen molar-refractivity contribution < 1.29 is 30.0 Å². The van der Waals surface area contributed by atoms with E-state index in [0.717, 1.165) is 35.4 Å². The second kappa shape index (κ2) is 11.4. The van der Waals surface area contributed by atoms with Gasteiger partial charge in [0.25, 0.3) is 0 Å². The zero-order valence-electron chi connectivity index (χ0n) is 22.5. The molecular formula is C28H39N3O6. The van der Waals surface area contributed by atoms with E-state index in [1.54, 1.807) is 13.8 Å². The molecular weight excluding hydrogens is 474 g/mol. The minimum atomic E-state index is -1.07. The molecule has 3 aromatic rings. The molecule has 0 aliphatic rings. The average Bonchev–Trinajstić information content (AvgIpc) is 3.48. The van der Waals surface area contributed by atoms with Crippen LogP contribution in [0.15, 0.2) is 0 Å². The number of carboxylic acids is 2. The maximum Gasteiger partial charge on any atom is 0.352 e. The van der Waals surface area contributed by atoms with E-state index in [-0.39, 0.29) is 11.4 Å². The zero-order valence-corrected chi connectivity index (χ0v) is 22.5. The molecule has 0 fully saturated rings. The molecule has 0 saturated heterocycles. The number of aromatic amines is 3. The number of hydrogen-bond donors (Lipinski definition) is 7. The molecule has 3 heterocycles. The van der Waals surface area contributed by atoms with Crippen LogP contribution in [0, 0.1) is 13.8 Å². The Morgan fingerprint density at radius 1 is 0.649 bits per heavy atom. The Bertz CT molecular complexity index is 1200. The highest BCUT2D eigenvalue weighted by Crippen LogP contribution is 2.33. The van der Waals surface area contributed by atoms with Crippen LogP contribution in [0.25, 0.3) is 0 Å². The highest BCUT2D eigenvalue weighted by molar-refractivity contribution is 5.88. The smallest absolute Gasteiger partial charge is 0.352 e. The van der Waals surface area contributed by atoms with E-state index >= 15 is 0 Å². The van der Waals surface area contributed by atoms with Gasteiger partial charge in [0.15, 0.2) is 0 Å². The summed E-state index contributed by atoms with van der Waals surface area (Å²) in [6.45, 7) is 11.3. The van der Waals surface area contributed by atoms with Crippen molar-refractivity contribution in [3.05, 3.63) is 67.5 Å². The lowest BCUT2D eigenvalue weighted by Gasteiger charge is -2.12. The van der Waals surface area contributed by atoms with E-state index in [2.05, 4.69) is 28.8 Å². The van der Waals surface area contributed by atoms with Crippen LogP contribution in [0.3, 0.4) is 0 Å². The van der Waals surface area contributed by atoms with Gasteiger partial charge in [0.05, 0.1) is 12.2 Å². The van der Waals surface area contributed by atoms with Crippen molar-refractivity contribution in [1.29, 1.82) is 0 Å². The first-order chi connectivity index (χ1) is 17.5. The van der Waals surface area contributed by atoms with Crippen molar-refractivity contribution in [2.75, 3.05) is 0 Å². The Balaban J connectivity index is 2.12. The van der Waals surface area contributed by atoms with Crippen molar-refractivity contribution in [3.8, 4) is 0 Å². The number of aliphatic hydroxyl groups excluding tert-OH is 2. The van der Waals surface area contributed by atoms with Gasteiger partial charge in [0.2, 0.25) is 0 Å². The van der Waals surface area contributed by atoms with Crippen molar-refractivity contribution in [2.45, 2.75) is 92.3 Å². The van der Waals surface area contributed by atoms with Crippen LogP contribution < -0.4 is 0 Å². The van der Waals surface area contributed by atoms with Crippen LogP contribution >= 0.6 is 0 Å². The van der Waals surface area contributed by atoms with Crippen LogP contribution in [0.5, 0.6) is 0 Å². The molecule has 0 spiro atoms. The molecule has 0 amide bonds. The van der Waals surface area contributed by atoms with Crippen LogP contribution in [-0.2, 0) is 25.7 Å². The van der Waals surface area contributed by atoms with Crippen molar-refractivity contribution in [1.82, 2.24) is 15.0 Å². The van der Waals surface area contributed by atoms with Gasteiger partial charge in [-0.05, 0) is 61.8 Å². The van der Waals surface area contributed by atoms with Crippen LogP contribution in [0.4, 0.5) is 0 Å². The van der Waals surface area contributed by atoms with Crippen molar-refractivity contribution in [2.24, 2.45) is 0 Å². The molecule has 9 nitrogen and oxygen atoms in total. The van der Waals surface area contributed by atoms with Gasteiger partial charge in [-0.15, -0.1) is 0 Å². The number of nitrogens with one attached hydrogen (secondary N) is 3. The van der Waals surface area contributed by atoms with Gasteiger partial charge in [-0.2, -0.15) is 0 Å². The Morgan fingerprint density at radius 3 is 1.27 bits per heavy atom. The summed E-state index contributed by atoms with van der Waals surface area (Å²) in [5.41, 5.74) is 7.92. The third kappa shape index (κ3) is 5.24. The lowest BCUT2D eigenvalue weighted by Crippen LogP contribution is -2.03.